The minimum atomic E-state index is -0.803. The zero-order valence-electron chi connectivity index (χ0n) is 8.30. The van der Waals surface area contributed by atoms with E-state index in [4.69, 9.17) is 11.6 Å². The predicted octanol–water partition coefficient (Wildman–Crippen LogP) is 2.45. The van der Waals surface area contributed by atoms with Crippen LogP contribution >= 0.6 is 11.6 Å². The number of aromatic amines is 1. The van der Waals surface area contributed by atoms with Gasteiger partial charge in [-0.2, -0.15) is 0 Å². The number of H-pyrrole nitrogens is 1. The van der Waals surface area contributed by atoms with Crippen molar-refractivity contribution in [2.75, 3.05) is 5.32 Å². The number of anilines is 2. The summed E-state index contributed by atoms with van der Waals surface area (Å²) in [5, 5.41) is 2.07. The van der Waals surface area contributed by atoms with Crippen molar-refractivity contribution in [2.24, 2.45) is 0 Å². The number of hydrogen-bond acceptors (Lipinski definition) is 3. The van der Waals surface area contributed by atoms with Gasteiger partial charge in [0.25, 0.3) is 5.56 Å². The van der Waals surface area contributed by atoms with Crippen LogP contribution < -0.4 is 10.9 Å². The van der Waals surface area contributed by atoms with Crippen LogP contribution in [0.1, 0.15) is 0 Å². The Morgan fingerprint density at radius 2 is 1.94 bits per heavy atom. The van der Waals surface area contributed by atoms with Gasteiger partial charge in [-0.25, -0.2) is 13.8 Å². The first kappa shape index (κ1) is 11.5. The van der Waals surface area contributed by atoms with Gasteiger partial charge in [0.1, 0.15) is 22.3 Å². The maximum atomic E-state index is 13.3. The van der Waals surface area contributed by atoms with Crippen LogP contribution in [0.2, 0.25) is 5.02 Å². The summed E-state index contributed by atoms with van der Waals surface area (Å²) >= 11 is 5.63. The van der Waals surface area contributed by atoms with Gasteiger partial charge in [-0.3, -0.25) is 4.79 Å². The van der Waals surface area contributed by atoms with Crippen LogP contribution in [0.15, 0.2) is 29.3 Å². The highest BCUT2D eigenvalue weighted by atomic mass is 35.5. The molecule has 17 heavy (non-hydrogen) atoms. The number of benzene rings is 1. The van der Waals surface area contributed by atoms with E-state index in [9.17, 15) is 13.6 Å². The molecule has 0 unspecified atom stereocenters. The monoisotopic (exact) mass is 257 g/mol. The molecular weight excluding hydrogens is 252 g/mol. The molecule has 2 aromatic rings. The highest BCUT2D eigenvalue weighted by Crippen LogP contribution is 2.24. The van der Waals surface area contributed by atoms with Crippen LogP contribution in [0, 0.1) is 11.6 Å². The predicted molar refractivity (Wildman–Crippen MR) is 59.5 cm³/mol. The fraction of sp³-hybridized carbons (Fsp3) is 0. The SMILES string of the molecule is O=c1[nH]cnc(Nc2c(F)cccc2F)c1Cl. The standard InChI is InChI=1S/C10H6ClF2N3O/c11-7-9(14-4-15-10(7)17)16-8-5(12)2-1-3-6(8)13/h1-4H,(H2,14,15,16,17). The van der Waals surface area contributed by atoms with Crippen molar-refractivity contribution in [3.05, 3.63) is 51.5 Å². The summed E-state index contributed by atoms with van der Waals surface area (Å²) in [4.78, 5) is 17.1. The minimum absolute atomic E-state index is 0.112. The van der Waals surface area contributed by atoms with Crippen molar-refractivity contribution in [3.63, 3.8) is 0 Å². The van der Waals surface area contributed by atoms with E-state index in [2.05, 4.69) is 15.3 Å². The van der Waals surface area contributed by atoms with Crippen molar-refractivity contribution in [3.8, 4) is 0 Å². The highest BCUT2D eigenvalue weighted by molar-refractivity contribution is 6.32. The molecule has 0 amide bonds. The fourth-order valence-electron chi connectivity index (χ4n) is 1.21. The molecule has 88 valence electrons. The van der Waals surface area contributed by atoms with Gasteiger partial charge < -0.3 is 10.3 Å². The Balaban J connectivity index is 2.45. The average molecular weight is 258 g/mol. The Morgan fingerprint density at radius 1 is 1.29 bits per heavy atom. The molecule has 4 nitrogen and oxygen atoms in total. The summed E-state index contributed by atoms with van der Waals surface area (Å²) < 4.78 is 26.6. The maximum absolute atomic E-state index is 13.3. The van der Waals surface area contributed by atoms with E-state index in [0.717, 1.165) is 18.5 Å². The number of nitrogens with one attached hydrogen (secondary N) is 2. The summed E-state index contributed by atoms with van der Waals surface area (Å²) in [7, 11) is 0. The van der Waals surface area contributed by atoms with Crippen molar-refractivity contribution >= 4 is 23.1 Å². The lowest BCUT2D eigenvalue weighted by atomic mass is 10.3. The summed E-state index contributed by atoms with van der Waals surface area (Å²) in [6.07, 6.45) is 1.08. The minimum Gasteiger partial charge on any atom is -0.334 e. The maximum Gasteiger partial charge on any atom is 0.271 e. The number of rotatable bonds is 2. The average Bonchev–Trinajstić information content (AvgIpc) is 2.29. The second-order valence-electron chi connectivity index (χ2n) is 3.12. The van der Waals surface area contributed by atoms with Gasteiger partial charge in [0, 0.05) is 0 Å². The zero-order valence-corrected chi connectivity index (χ0v) is 9.05. The lowest BCUT2D eigenvalue weighted by molar-refractivity contribution is 0.590. The molecule has 0 spiro atoms. The Morgan fingerprint density at radius 3 is 2.59 bits per heavy atom. The van der Waals surface area contributed by atoms with E-state index in [0.29, 0.717) is 0 Å². The molecule has 2 rings (SSSR count). The molecular formula is C10H6ClF2N3O. The summed E-state index contributed by atoms with van der Waals surface area (Å²) in [5.74, 6) is -1.72. The summed E-state index contributed by atoms with van der Waals surface area (Å²) in [6.45, 7) is 0. The van der Waals surface area contributed by atoms with Gasteiger partial charge >= 0.3 is 0 Å². The van der Waals surface area contributed by atoms with Crippen molar-refractivity contribution in [2.45, 2.75) is 0 Å². The number of nitrogens with zero attached hydrogens (tertiary/aromatic N) is 1. The Bertz CT molecular complexity index is 594. The molecule has 0 saturated carbocycles. The third-order valence-corrected chi connectivity index (χ3v) is 2.35. The molecule has 1 aromatic carbocycles. The van der Waals surface area contributed by atoms with Crippen LogP contribution in [-0.2, 0) is 0 Å². The van der Waals surface area contributed by atoms with E-state index in [1.165, 1.54) is 6.07 Å². The number of hydrogen-bond donors (Lipinski definition) is 2. The molecule has 0 aliphatic rings. The zero-order chi connectivity index (χ0) is 12.4. The lowest BCUT2D eigenvalue weighted by Crippen LogP contribution is -2.10. The molecule has 0 fully saturated rings. The topological polar surface area (TPSA) is 57.8 Å². The van der Waals surface area contributed by atoms with Gasteiger partial charge in [0.05, 0.1) is 6.33 Å². The normalized spacial score (nSPS) is 10.3. The first-order valence-corrected chi connectivity index (χ1v) is 4.91. The Kier molecular flexibility index (Phi) is 3.06. The smallest absolute Gasteiger partial charge is 0.271 e. The third kappa shape index (κ3) is 2.26. The van der Waals surface area contributed by atoms with Crippen LogP contribution in [0.4, 0.5) is 20.3 Å². The quantitative estimate of drug-likeness (QED) is 0.869. The van der Waals surface area contributed by atoms with Crippen LogP contribution in [-0.4, -0.2) is 9.97 Å². The molecule has 0 aliphatic carbocycles. The molecule has 0 radical (unpaired) electrons. The molecule has 1 aromatic heterocycles. The third-order valence-electron chi connectivity index (χ3n) is 2.00. The molecule has 0 saturated heterocycles. The van der Waals surface area contributed by atoms with Gasteiger partial charge in [-0.15, -0.1) is 0 Å². The Hall–Kier alpha value is -1.95. The highest BCUT2D eigenvalue weighted by Gasteiger charge is 2.12. The number of aromatic nitrogens is 2. The van der Waals surface area contributed by atoms with Gasteiger partial charge in [0.2, 0.25) is 0 Å². The van der Waals surface area contributed by atoms with E-state index < -0.39 is 22.9 Å². The lowest BCUT2D eigenvalue weighted by Gasteiger charge is -2.08. The largest absolute Gasteiger partial charge is 0.334 e. The number of para-hydroxylation sites is 1. The van der Waals surface area contributed by atoms with Crippen molar-refractivity contribution < 1.29 is 8.78 Å². The second kappa shape index (κ2) is 4.50. The molecule has 0 bridgehead atoms. The van der Waals surface area contributed by atoms with Gasteiger partial charge in [-0.05, 0) is 12.1 Å². The Labute approximate surface area is 99.3 Å². The van der Waals surface area contributed by atoms with Gasteiger partial charge in [0.15, 0.2) is 5.82 Å². The fourth-order valence-corrected chi connectivity index (χ4v) is 1.36. The number of halogens is 3. The molecule has 0 atom stereocenters. The van der Waals surface area contributed by atoms with E-state index in [1.54, 1.807) is 0 Å². The molecule has 7 heteroatoms. The van der Waals surface area contributed by atoms with Crippen LogP contribution in [0.3, 0.4) is 0 Å². The van der Waals surface area contributed by atoms with Gasteiger partial charge in [-0.1, -0.05) is 17.7 Å². The molecule has 1 heterocycles. The molecule has 2 N–H and O–H groups in total. The van der Waals surface area contributed by atoms with E-state index >= 15 is 0 Å². The van der Waals surface area contributed by atoms with Crippen molar-refractivity contribution in [1.82, 2.24) is 9.97 Å². The first-order chi connectivity index (χ1) is 8.09. The van der Waals surface area contributed by atoms with Crippen LogP contribution in [0.5, 0.6) is 0 Å². The first-order valence-electron chi connectivity index (χ1n) is 4.54. The summed E-state index contributed by atoms with van der Waals surface area (Å²) in [5.41, 5.74) is -1.01. The second-order valence-corrected chi connectivity index (χ2v) is 3.49. The van der Waals surface area contributed by atoms with E-state index in [-0.39, 0.29) is 10.8 Å². The molecule has 0 aliphatic heterocycles. The van der Waals surface area contributed by atoms with Crippen molar-refractivity contribution in [1.29, 1.82) is 0 Å². The van der Waals surface area contributed by atoms with E-state index in [1.807, 2.05) is 0 Å². The van der Waals surface area contributed by atoms with Crippen LogP contribution in [0.25, 0.3) is 0 Å². The summed E-state index contributed by atoms with van der Waals surface area (Å²) in [6, 6.07) is 3.38.